The van der Waals surface area contributed by atoms with Gasteiger partial charge in [0.05, 0.1) is 24.2 Å². The number of rotatable bonds is 4. The summed E-state index contributed by atoms with van der Waals surface area (Å²) in [6, 6.07) is 11.2. The van der Waals surface area contributed by atoms with E-state index in [0.29, 0.717) is 11.3 Å². The van der Waals surface area contributed by atoms with Gasteiger partial charge in [0.15, 0.2) is 5.82 Å². The van der Waals surface area contributed by atoms with E-state index in [-0.39, 0.29) is 11.7 Å². The number of imidazole rings is 1. The van der Waals surface area contributed by atoms with E-state index in [1.807, 2.05) is 25.2 Å². The van der Waals surface area contributed by atoms with Gasteiger partial charge in [0, 0.05) is 18.3 Å². The van der Waals surface area contributed by atoms with Gasteiger partial charge in [-0.25, -0.2) is 9.37 Å². The van der Waals surface area contributed by atoms with Gasteiger partial charge in [-0.05, 0) is 42.5 Å². The molecule has 0 unspecified atom stereocenters. The van der Waals surface area contributed by atoms with Gasteiger partial charge in [0.2, 0.25) is 0 Å². The van der Waals surface area contributed by atoms with Crippen molar-refractivity contribution in [3.63, 3.8) is 0 Å². The molecular formula is C20H22FN4O2+. The highest BCUT2D eigenvalue weighted by atomic mass is 19.1. The molecule has 1 amide bonds. The normalized spacial score (nSPS) is 15.2. The van der Waals surface area contributed by atoms with Crippen molar-refractivity contribution in [3.05, 3.63) is 59.7 Å². The first-order chi connectivity index (χ1) is 13.1. The van der Waals surface area contributed by atoms with Crippen molar-refractivity contribution in [1.29, 1.82) is 0 Å². The molecule has 0 aliphatic carbocycles. The molecule has 3 aromatic rings. The molecule has 6 nitrogen and oxygen atoms in total. The summed E-state index contributed by atoms with van der Waals surface area (Å²) >= 11 is 0. The van der Waals surface area contributed by atoms with Gasteiger partial charge < -0.3 is 19.5 Å². The Kier molecular flexibility index (Phi) is 4.87. The molecule has 2 N–H and O–H groups in total. The second kappa shape index (κ2) is 7.46. The second-order valence-corrected chi connectivity index (χ2v) is 6.79. The lowest BCUT2D eigenvalue weighted by Crippen LogP contribution is -3.12. The lowest BCUT2D eigenvalue weighted by molar-refractivity contribution is -0.922. The molecule has 0 spiro atoms. The highest BCUT2D eigenvalue weighted by Crippen LogP contribution is 2.20. The van der Waals surface area contributed by atoms with Gasteiger partial charge in [-0.3, -0.25) is 4.79 Å². The van der Waals surface area contributed by atoms with Crippen molar-refractivity contribution in [2.24, 2.45) is 7.05 Å². The number of hydrogen-bond donors (Lipinski definition) is 2. The average Bonchev–Trinajstić information content (AvgIpc) is 2.98. The van der Waals surface area contributed by atoms with E-state index in [1.165, 1.54) is 29.2 Å². The number of nitrogens with zero attached hydrogens (tertiary/aromatic N) is 2. The molecular weight excluding hydrogens is 347 g/mol. The molecule has 1 saturated heterocycles. The molecule has 1 aliphatic heterocycles. The van der Waals surface area contributed by atoms with Gasteiger partial charge in [0.1, 0.15) is 25.5 Å². The maximum absolute atomic E-state index is 13.0. The van der Waals surface area contributed by atoms with Crippen LogP contribution in [-0.2, 0) is 18.3 Å². The van der Waals surface area contributed by atoms with E-state index in [4.69, 9.17) is 9.72 Å². The first-order valence-corrected chi connectivity index (χ1v) is 9.04. The van der Waals surface area contributed by atoms with Gasteiger partial charge in [-0.15, -0.1) is 0 Å². The lowest BCUT2D eigenvalue weighted by Gasteiger charge is -2.23. The summed E-state index contributed by atoms with van der Waals surface area (Å²) in [5, 5.41) is 2.85. The van der Waals surface area contributed by atoms with Crippen LogP contribution in [0.15, 0.2) is 42.5 Å². The van der Waals surface area contributed by atoms with Gasteiger partial charge >= 0.3 is 0 Å². The molecule has 140 valence electrons. The minimum Gasteiger partial charge on any atom is -0.370 e. The van der Waals surface area contributed by atoms with E-state index >= 15 is 0 Å². The highest BCUT2D eigenvalue weighted by molar-refractivity contribution is 6.04. The number of hydrogen-bond acceptors (Lipinski definition) is 3. The number of quaternary nitrogens is 1. The first kappa shape index (κ1) is 17.6. The Labute approximate surface area is 156 Å². The number of halogens is 1. The van der Waals surface area contributed by atoms with Crippen LogP contribution in [0.25, 0.3) is 11.0 Å². The Morgan fingerprint density at radius 3 is 2.70 bits per heavy atom. The van der Waals surface area contributed by atoms with Crippen molar-refractivity contribution in [2.75, 3.05) is 31.6 Å². The van der Waals surface area contributed by atoms with Gasteiger partial charge in [0.25, 0.3) is 5.91 Å². The van der Waals surface area contributed by atoms with E-state index in [2.05, 4.69) is 9.88 Å². The summed E-state index contributed by atoms with van der Waals surface area (Å²) in [7, 11) is 2.02. The number of benzene rings is 2. The third kappa shape index (κ3) is 3.84. The predicted molar refractivity (Wildman–Crippen MR) is 100 cm³/mol. The Morgan fingerprint density at radius 1 is 1.22 bits per heavy atom. The van der Waals surface area contributed by atoms with Crippen LogP contribution < -0.4 is 10.2 Å². The number of amides is 1. The summed E-state index contributed by atoms with van der Waals surface area (Å²) in [5.74, 6) is 0.378. The molecule has 0 atom stereocenters. The van der Waals surface area contributed by atoms with Crippen LogP contribution in [0.5, 0.6) is 0 Å². The Hall–Kier alpha value is -2.77. The summed E-state index contributed by atoms with van der Waals surface area (Å²) in [4.78, 5) is 18.5. The van der Waals surface area contributed by atoms with E-state index < -0.39 is 0 Å². The van der Waals surface area contributed by atoms with Crippen LogP contribution in [-0.4, -0.2) is 41.8 Å². The minimum atomic E-state index is -0.364. The Bertz CT molecular complexity index is 962. The monoisotopic (exact) mass is 369 g/mol. The smallest absolute Gasteiger partial charge is 0.255 e. The lowest BCUT2D eigenvalue weighted by atomic mass is 10.2. The number of anilines is 1. The maximum atomic E-state index is 13.0. The zero-order valence-corrected chi connectivity index (χ0v) is 15.2. The minimum absolute atomic E-state index is 0.275. The van der Waals surface area contributed by atoms with Crippen molar-refractivity contribution in [1.82, 2.24) is 9.55 Å². The van der Waals surface area contributed by atoms with Crippen LogP contribution in [0.2, 0.25) is 0 Å². The number of ether oxygens (including phenoxy) is 1. The zero-order chi connectivity index (χ0) is 18.8. The molecule has 7 heteroatoms. The van der Waals surface area contributed by atoms with Crippen LogP contribution in [0.3, 0.4) is 0 Å². The van der Waals surface area contributed by atoms with Crippen molar-refractivity contribution >= 4 is 22.6 Å². The number of carbonyl (C=O) groups is 1. The quantitative estimate of drug-likeness (QED) is 0.731. The van der Waals surface area contributed by atoms with Gasteiger partial charge in [-0.1, -0.05) is 0 Å². The number of carbonyl (C=O) groups excluding carboxylic acids is 1. The number of aryl methyl sites for hydroxylation is 1. The molecule has 2 aromatic carbocycles. The molecule has 27 heavy (non-hydrogen) atoms. The summed E-state index contributed by atoms with van der Waals surface area (Å²) < 4.78 is 20.5. The third-order valence-electron chi connectivity index (χ3n) is 4.95. The van der Waals surface area contributed by atoms with Crippen LogP contribution in [0.1, 0.15) is 16.2 Å². The molecule has 1 fully saturated rings. The standard InChI is InChI=1S/C20H21FN4O2/c1-24-18-7-6-16(22-20(26)14-2-4-15(21)5-3-14)12-17(18)23-19(24)13-25-8-10-27-11-9-25/h2-7,12H,8-11,13H2,1H3,(H,22,26)/p+1. The predicted octanol–water partition coefficient (Wildman–Crippen LogP) is 1.38. The van der Waals surface area contributed by atoms with Crippen molar-refractivity contribution < 1.29 is 18.8 Å². The van der Waals surface area contributed by atoms with Gasteiger partial charge in [-0.2, -0.15) is 0 Å². The Balaban J connectivity index is 1.53. The summed E-state index contributed by atoms with van der Waals surface area (Å²) in [6.07, 6.45) is 0. The van der Waals surface area contributed by atoms with Crippen LogP contribution >= 0.6 is 0 Å². The van der Waals surface area contributed by atoms with Crippen molar-refractivity contribution in [2.45, 2.75) is 6.54 Å². The Morgan fingerprint density at radius 2 is 1.96 bits per heavy atom. The highest BCUT2D eigenvalue weighted by Gasteiger charge is 2.18. The van der Waals surface area contributed by atoms with E-state index in [9.17, 15) is 9.18 Å². The zero-order valence-electron chi connectivity index (χ0n) is 15.2. The molecule has 2 heterocycles. The first-order valence-electron chi connectivity index (χ1n) is 9.04. The molecule has 1 aromatic heterocycles. The third-order valence-corrected chi connectivity index (χ3v) is 4.95. The fourth-order valence-corrected chi connectivity index (χ4v) is 3.35. The fourth-order valence-electron chi connectivity index (χ4n) is 3.35. The number of morpholine rings is 1. The summed E-state index contributed by atoms with van der Waals surface area (Å²) in [6.45, 7) is 4.41. The maximum Gasteiger partial charge on any atom is 0.255 e. The SMILES string of the molecule is Cn1c(C[NH+]2CCOCC2)nc2cc(NC(=O)c3ccc(F)cc3)ccc21. The number of fused-ring (bicyclic) bond motifs is 1. The molecule has 0 saturated carbocycles. The molecule has 4 rings (SSSR count). The number of aromatic nitrogens is 2. The number of nitrogens with one attached hydrogen (secondary N) is 2. The second-order valence-electron chi connectivity index (χ2n) is 6.79. The topological polar surface area (TPSA) is 60.6 Å². The van der Waals surface area contributed by atoms with Crippen molar-refractivity contribution in [3.8, 4) is 0 Å². The van der Waals surface area contributed by atoms with Crippen LogP contribution in [0, 0.1) is 5.82 Å². The van der Waals surface area contributed by atoms with E-state index in [0.717, 1.165) is 49.7 Å². The molecule has 1 aliphatic rings. The largest absolute Gasteiger partial charge is 0.370 e. The van der Waals surface area contributed by atoms with Crippen LogP contribution in [0.4, 0.5) is 10.1 Å². The average molecular weight is 369 g/mol. The fraction of sp³-hybridized carbons (Fsp3) is 0.300. The summed E-state index contributed by atoms with van der Waals surface area (Å²) in [5.41, 5.74) is 2.95. The molecule has 0 bridgehead atoms. The van der Waals surface area contributed by atoms with E-state index in [1.54, 1.807) is 0 Å². The molecule has 0 radical (unpaired) electrons.